The van der Waals surface area contributed by atoms with Crippen LogP contribution >= 0.6 is 0 Å². The lowest BCUT2D eigenvalue weighted by molar-refractivity contribution is -0.120. The Labute approximate surface area is 191 Å². The van der Waals surface area contributed by atoms with Crippen molar-refractivity contribution in [3.63, 3.8) is 0 Å². The summed E-state index contributed by atoms with van der Waals surface area (Å²) in [5.74, 6) is -1.72. The monoisotopic (exact) mass is 444 g/mol. The molecular formula is C25H24N4O4. The maximum atomic E-state index is 12.3. The van der Waals surface area contributed by atoms with E-state index in [-0.39, 0.29) is 31.4 Å². The number of rotatable bonds is 9. The van der Waals surface area contributed by atoms with Gasteiger partial charge in [-0.1, -0.05) is 54.6 Å². The maximum Gasteiger partial charge on any atom is 0.251 e. The molecule has 8 nitrogen and oxygen atoms in total. The van der Waals surface area contributed by atoms with E-state index in [1.54, 1.807) is 36.4 Å². The van der Waals surface area contributed by atoms with Crippen LogP contribution in [0.25, 0.3) is 11.1 Å². The van der Waals surface area contributed by atoms with Crippen molar-refractivity contribution < 1.29 is 19.2 Å². The van der Waals surface area contributed by atoms with Gasteiger partial charge in [0.1, 0.15) is 0 Å². The molecule has 0 saturated heterocycles. The first-order valence-corrected chi connectivity index (χ1v) is 10.3. The minimum atomic E-state index is -0.626. The minimum Gasteiger partial charge on any atom is -0.368 e. The number of nitrogens with one attached hydrogen (secondary N) is 3. The summed E-state index contributed by atoms with van der Waals surface area (Å²) < 4.78 is 0. The Hall–Kier alpha value is -4.46. The molecule has 0 saturated carbocycles. The van der Waals surface area contributed by atoms with Gasteiger partial charge in [0.05, 0.1) is 13.1 Å². The fraction of sp³-hybridized carbons (Fsp3) is 0.120. The molecule has 4 amide bonds. The second-order valence-corrected chi connectivity index (χ2v) is 7.25. The molecule has 0 aliphatic carbocycles. The normalized spacial score (nSPS) is 10.2. The van der Waals surface area contributed by atoms with E-state index in [4.69, 9.17) is 5.73 Å². The number of primary amides is 1. The van der Waals surface area contributed by atoms with Gasteiger partial charge in [0.2, 0.25) is 11.8 Å². The fourth-order valence-corrected chi connectivity index (χ4v) is 3.01. The highest BCUT2D eigenvalue weighted by molar-refractivity contribution is 5.97. The van der Waals surface area contributed by atoms with E-state index in [0.29, 0.717) is 11.1 Å². The van der Waals surface area contributed by atoms with Gasteiger partial charge in [0.25, 0.3) is 11.8 Å². The molecule has 0 heterocycles. The van der Waals surface area contributed by atoms with E-state index < -0.39 is 11.8 Å². The summed E-state index contributed by atoms with van der Waals surface area (Å²) in [7, 11) is 0. The van der Waals surface area contributed by atoms with Gasteiger partial charge in [-0.05, 0) is 41.0 Å². The van der Waals surface area contributed by atoms with Crippen molar-refractivity contribution in [2.45, 2.75) is 6.54 Å². The van der Waals surface area contributed by atoms with E-state index in [1.165, 1.54) is 0 Å². The van der Waals surface area contributed by atoms with E-state index in [9.17, 15) is 19.2 Å². The number of hydrogen-bond acceptors (Lipinski definition) is 4. The van der Waals surface area contributed by atoms with Crippen LogP contribution in [0, 0.1) is 0 Å². The third-order valence-corrected chi connectivity index (χ3v) is 4.79. The summed E-state index contributed by atoms with van der Waals surface area (Å²) in [5.41, 5.74) is 8.67. The van der Waals surface area contributed by atoms with Gasteiger partial charge in [0, 0.05) is 17.7 Å². The molecule has 33 heavy (non-hydrogen) atoms. The van der Waals surface area contributed by atoms with Crippen LogP contribution in [0.15, 0.2) is 78.9 Å². The van der Waals surface area contributed by atoms with Gasteiger partial charge in [-0.15, -0.1) is 0 Å². The predicted octanol–water partition coefficient (Wildman–Crippen LogP) is 1.61. The number of carbonyl (C=O) groups excluding carboxylic acids is 4. The molecule has 0 radical (unpaired) electrons. The van der Waals surface area contributed by atoms with Gasteiger partial charge in [0.15, 0.2) is 0 Å². The smallest absolute Gasteiger partial charge is 0.251 e. The lowest BCUT2D eigenvalue weighted by Crippen LogP contribution is -2.36. The highest BCUT2D eigenvalue weighted by Crippen LogP contribution is 2.19. The maximum absolute atomic E-state index is 12.3. The Bertz CT molecular complexity index is 1130. The standard InChI is InChI=1S/C25H24N4O4/c26-22(30)15-28-24(32)20-8-6-17(7-9-20)14-27-23(31)16-29-25(33)21-12-10-19(11-13-21)18-4-2-1-3-5-18/h1-13H,14-16H2,(H2,26,30)(H,27,31)(H,28,32)(H,29,33). The number of nitrogens with two attached hydrogens (primary N) is 1. The van der Waals surface area contributed by atoms with E-state index in [2.05, 4.69) is 16.0 Å². The van der Waals surface area contributed by atoms with Crippen LogP contribution in [-0.2, 0) is 16.1 Å². The molecule has 0 spiro atoms. The molecule has 0 aromatic heterocycles. The Balaban J connectivity index is 1.43. The lowest BCUT2D eigenvalue weighted by atomic mass is 10.0. The summed E-state index contributed by atoms with van der Waals surface area (Å²) in [6.07, 6.45) is 0. The highest BCUT2D eigenvalue weighted by atomic mass is 16.2. The summed E-state index contributed by atoms with van der Waals surface area (Å²) in [4.78, 5) is 47.0. The molecule has 5 N–H and O–H groups in total. The van der Waals surface area contributed by atoms with Crippen LogP contribution in [0.5, 0.6) is 0 Å². The minimum absolute atomic E-state index is 0.160. The molecule has 0 aliphatic rings. The molecule has 3 rings (SSSR count). The molecule has 0 unspecified atom stereocenters. The van der Waals surface area contributed by atoms with Crippen LogP contribution < -0.4 is 21.7 Å². The Morgan fingerprint density at radius 1 is 0.606 bits per heavy atom. The van der Waals surface area contributed by atoms with Crippen molar-refractivity contribution in [3.8, 4) is 11.1 Å². The van der Waals surface area contributed by atoms with E-state index in [1.807, 2.05) is 42.5 Å². The molecule has 168 valence electrons. The van der Waals surface area contributed by atoms with E-state index >= 15 is 0 Å². The summed E-state index contributed by atoms with van der Waals surface area (Å²) in [6, 6.07) is 23.5. The fourth-order valence-electron chi connectivity index (χ4n) is 3.01. The van der Waals surface area contributed by atoms with Gasteiger partial charge >= 0.3 is 0 Å². The van der Waals surface area contributed by atoms with Crippen LogP contribution in [0.2, 0.25) is 0 Å². The number of amides is 4. The second kappa shape index (κ2) is 11.2. The van der Waals surface area contributed by atoms with Crippen molar-refractivity contribution >= 4 is 23.6 Å². The van der Waals surface area contributed by atoms with Gasteiger partial charge < -0.3 is 21.7 Å². The summed E-state index contributed by atoms with van der Waals surface area (Å²) >= 11 is 0. The molecule has 3 aromatic carbocycles. The van der Waals surface area contributed by atoms with Crippen molar-refractivity contribution in [2.75, 3.05) is 13.1 Å². The highest BCUT2D eigenvalue weighted by Gasteiger charge is 2.09. The molecule has 0 bridgehead atoms. The Morgan fingerprint density at radius 3 is 1.70 bits per heavy atom. The topological polar surface area (TPSA) is 130 Å². The molecule has 8 heteroatoms. The number of benzene rings is 3. The van der Waals surface area contributed by atoms with Crippen molar-refractivity contribution in [1.82, 2.24) is 16.0 Å². The predicted molar refractivity (Wildman–Crippen MR) is 124 cm³/mol. The zero-order chi connectivity index (χ0) is 23.6. The third-order valence-electron chi connectivity index (χ3n) is 4.79. The van der Waals surface area contributed by atoms with Crippen LogP contribution in [0.4, 0.5) is 0 Å². The Kier molecular flexibility index (Phi) is 7.91. The Morgan fingerprint density at radius 2 is 1.12 bits per heavy atom. The first-order valence-electron chi connectivity index (χ1n) is 10.3. The van der Waals surface area contributed by atoms with Crippen molar-refractivity contribution in [2.24, 2.45) is 5.73 Å². The van der Waals surface area contributed by atoms with Gasteiger partial charge in [-0.2, -0.15) is 0 Å². The molecular weight excluding hydrogens is 420 g/mol. The molecule has 0 aliphatic heterocycles. The zero-order valence-corrected chi connectivity index (χ0v) is 17.8. The van der Waals surface area contributed by atoms with Crippen LogP contribution in [-0.4, -0.2) is 36.7 Å². The number of hydrogen-bond donors (Lipinski definition) is 4. The van der Waals surface area contributed by atoms with Gasteiger partial charge in [-0.3, -0.25) is 19.2 Å². The van der Waals surface area contributed by atoms with Crippen molar-refractivity contribution in [3.05, 3.63) is 95.6 Å². The average Bonchev–Trinajstić information content (AvgIpc) is 2.85. The van der Waals surface area contributed by atoms with E-state index in [0.717, 1.165) is 16.7 Å². The molecule has 0 fully saturated rings. The lowest BCUT2D eigenvalue weighted by Gasteiger charge is -2.09. The zero-order valence-electron chi connectivity index (χ0n) is 17.8. The first-order chi connectivity index (χ1) is 15.9. The summed E-state index contributed by atoms with van der Waals surface area (Å²) in [5, 5.41) is 7.71. The third kappa shape index (κ3) is 7.03. The van der Waals surface area contributed by atoms with Crippen LogP contribution in [0.1, 0.15) is 26.3 Å². The molecule has 3 aromatic rings. The SMILES string of the molecule is NC(=O)CNC(=O)c1ccc(CNC(=O)CNC(=O)c2ccc(-c3ccccc3)cc2)cc1. The van der Waals surface area contributed by atoms with Gasteiger partial charge in [-0.25, -0.2) is 0 Å². The largest absolute Gasteiger partial charge is 0.368 e. The average molecular weight is 444 g/mol. The second-order valence-electron chi connectivity index (χ2n) is 7.25. The first kappa shape index (κ1) is 23.2. The number of carbonyl (C=O) groups is 4. The van der Waals surface area contributed by atoms with Crippen LogP contribution in [0.3, 0.4) is 0 Å². The van der Waals surface area contributed by atoms with Crippen molar-refractivity contribution in [1.29, 1.82) is 0 Å². The summed E-state index contributed by atoms with van der Waals surface area (Å²) in [6.45, 7) is -0.157. The quantitative estimate of drug-likeness (QED) is 0.399. The molecule has 0 atom stereocenters.